The second-order valence-electron chi connectivity index (χ2n) is 6.83. The molecule has 0 aliphatic carbocycles. The molecule has 3 amide bonds. The van der Waals surface area contributed by atoms with Crippen molar-refractivity contribution in [3.8, 4) is 0 Å². The number of benzene rings is 1. The van der Waals surface area contributed by atoms with E-state index in [9.17, 15) is 19.2 Å². The SMILES string of the molecule is O=C(CNC(=O)c1cc2cccc(Cl)c2[nH]1)N[C@@H](CC1CCNC1=O)C(=O)CO. The summed E-state index contributed by atoms with van der Waals surface area (Å²) in [6.07, 6.45) is 0.662. The predicted molar refractivity (Wildman–Crippen MR) is 105 cm³/mol. The first-order valence-corrected chi connectivity index (χ1v) is 9.53. The van der Waals surface area contributed by atoms with Gasteiger partial charge in [-0.1, -0.05) is 23.7 Å². The third-order valence-corrected chi connectivity index (χ3v) is 5.14. The van der Waals surface area contributed by atoms with Crippen LogP contribution in [0, 0.1) is 5.92 Å². The molecule has 0 bridgehead atoms. The van der Waals surface area contributed by atoms with E-state index in [2.05, 4.69) is 20.9 Å². The largest absolute Gasteiger partial charge is 0.389 e. The number of amides is 3. The highest BCUT2D eigenvalue weighted by Crippen LogP contribution is 2.23. The molecule has 1 aliphatic heterocycles. The van der Waals surface area contributed by atoms with Crippen molar-refractivity contribution in [1.82, 2.24) is 20.9 Å². The fraction of sp³-hybridized carbons (Fsp3) is 0.368. The average Bonchev–Trinajstić information content (AvgIpc) is 3.32. The summed E-state index contributed by atoms with van der Waals surface area (Å²) in [6, 6.07) is 5.87. The highest BCUT2D eigenvalue weighted by atomic mass is 35.5. The number of nitrogens with one attached hydrogen (secondary N) is 4. The Balaban J connectivity index is 1.57. The highest BCUT2D eigenvalue weighted by Gasteiger charge is 2.30. The van der Waals surface area contributed by atoms with Crippen molar-refractivity contribution in [3.63, 3.8) is 0 Å². The van der Waals surface area contributed by atoms with E-state index >= 15 is 0 Å². The zero-order valence-corrected chi connectivity index (χ0v) is 16.2. The van der Waals surface area contributed by atoms with Gasteiger partial charge in [-0.3, -0.25) is 19.2 Å². The Kier molecular flexibility index (Phi) is 6.50. The van der Waals surface area contributed by atoms with Crippen LogP contribution in [0.4, 0.5) is 0 Å². The van der Waals surface area contributed by atoms with E-state index < -0.39 is 36.2 Å². The monoisotopic (exact) mass is 420 g/mol. The van der Waals surface area contributed by atoms with Crippen molar-refractivity contribution in [2.24, 2.45) is 5.92 Å². The zero-order chi connectivity index (χ0) is 21.0. The van der Waals surface area contributed by atoms with Gasteiger partial charge in [0.05, 0.1) is 23.1 Å². The van der Waals surface area contributed by atoms with Crippen LogP contribution in [0.25, 0.3) is 10.9 Å². The van der Waals surface area contributed by atoms with Gasteiger partial charge in [0.15, 0.2) is 5.78 Å². The van der Waals surface area contributed by atoms with Crippen LogP contribution in [0.2, 0.25) is 5.02 Å². The summed E-state index contributed by atoms with van der Waals surface area (Å²) in [6.45, 7) is -0.600. The topological polar surface area (TPSA) is 140 Å². The maximum Gasteiger partial charge on any atom is 0.268 e. The minimum Gasteiger partial charge on any atom is -0.389 e. The number of aromatic nitrogens is 1. The number of fused-ring (bicyclic) bond motifs is 1. The Morgan fingerprint density at radius 3 is 2.76 bits per heavy atom. The number of carbonyl (C=O) groups is 4. The van der Waals surface area contributed by atoms with E-state index in [0.717, 1.165) is 5.39 Å². The fourth-order valence-electron chi connectivity index (χ4n) is 3.28. The first-order valence-electron chi connectivity index (χ1n) is 9.15. The third kappa shape index (κ3) is 4.93. The lowest BCUT2D eigenvalue weighted by Gasteiger charge is -2.19. The van der Waals surface area contributed by atoms with Crippen molar-refractivity contribution in [1.29, 1.82) is 0 Å². The van der Waals surface area contributed by atoms with Gasteiger partial charge in [-0.05, 0) is 25.0 Å². The molecule has 0 saturated carbocycles. The van der Waals surface area contributed by atoms with Crippen LogP contribution in [0.15, 0.2) is 24.3 Å². The van der Waals surface area contributed by atoms with Crippen molar-refractivity contribution >= 4 is 46.0 Å². The van der Waals surface area contributed by atoms with Crippen molar-refractivity contribution in [2.45, 2.75) is 18.9 Å². The van der Waals surface area contributed by atoms with Gasteiger partial charge in [0, 0.05) is 17.8 Å². The fourth-order valence-corrected chi connectivity index (χ4v) is 3.51. The van der Waals surface area contributed by atoms with E-state index in [0.29, 0.717) is 23.5 Å². The minimum atomic E-state index is -0.995. The second kappa shape index (κ2) is 9.06. The van der Waals surface area contributed by atoms with E-state index in [1.807, 2.05) is 0 Å². The van der Waals surface area contributed by atoms with Crippen LogP contribution >= 0.6 is 11.6 Å². The second-order valence-corrected chi connectivity index (χ2v) is 7.23. The number of halogens is 1. The van der Waals surface area contributed by atoms with Gasteiger partial charge in [0.25, 0.3) is 5.91 Å². The summed E-state index contributed by atoms with van der Waals surface area (Å²) in [5, 5.41) is 18.0. The molecule has 0 radical (unpaired) electrons. The number of H-pyrrole nitrogens is 1. The Morgan fingerprint density at radius 1 is 1.31 bits per heavy atom. The normalized spacial score (nSPS) is 17.0. The smallest absolute Gasteiger partial charge is 0.268 e. The number of aromatic amines is 1. The third-order valence-electron chi connectivity index (χ3n) is 4.82. The quantitative estimate of drug-likeness (QED) is 0.412. The molecule has 2 atom stereocenters. The molecule has 1 fully saturated rings. The molecular weight excluding hydrogens is 400 g/mol. The Bertz CT molecular complexity index is 957. The predicted octanol–water partition coefficient (Wildman–Crippen LogP) is 0.124. The molecule has 1 aromatic carbocycles. The molecule has 5 N–H and O–H groups in total. The Hall–Kier alpha value is -2.91. The van der Waals surface area contributed by atoms with Gasteiger partial charge < -0.3 is 26.0 Å². The van der Waals surface area contributed by atoms with E-state index in [-0.39, 0.29) is 24.6 Å². The molecule has 1 aliphatic rings. The molecule has 1 saturated heterocycles. The van der Waals surface area contributed by atoms with Crippen LogP contribution in [0.5, 0.6) is 0 Å². The number of aliphatic hydroxyl groups is 1. The molecule has 9 nitrogen and oxygen atoms in total. The standard InChI is InChI=1S/C19H21ClN4O5/c20-12-3-1-2-10-6-14(24-17(10)12)19(29)22-8-16(27)23-13(15(26)9-25)7-11-4-5-21-18(11)28/h1-3,6,11,13,24-25H,4-5,7-9H2,(H,21,28)(H,22,29)(H,23,27)/t11?,13-/m0/s1. The summed E-state index contributed by atoms with van der Waals surface area (Å²) >= 11 is 6.08. The summed E-state index contributed by atoms with van der Waals surface area (Å²) in [7, 11) is 0. The molecule has 3 rings (SSSR count). The number of hydrogen-bond acceptors (Lipinski definition) is 5. The van der Waals surface area contributed by atoms with Crippen LogP contribution in [-0.4, -0.2) is 59.3 Å². The first kappa shape index (κ1) is 20.8. The van der Waals surface area contributed by atoms with Crippen LogP contribution in [0.3, 0.4) is 0 Å². The van der Waals surface area contributed by atoms with Gasteiger partial charge in [0.1, 0.15) is 12.3 Å². The zero-order valence-electron chi connectivity index (χ0n) is 15.5. The summed E-state index contributed by atoms with van der Waals surface area (Å²) < 4.78 is 0. The van der Waals surface area contributed by atoms with E-state index in [4.69, 9.17) is 16.7 Å². The molecule has 2 aromatic rings. The van der Waals surface area contributed by atoms with Crippen LogP contribution in [0.1, 0.15) is 23.3 Å². The number of Topliss-reactive ketones (excluding diaryl/α,β-unsaturated/α-hetero) is 1. The number of aliphatic hydroxyl groups excluding tert-OH is 1. The number of rotatable bonds is 8. The van der Waals surface area contributed by atoms with Gasteiger partial charge in [-0.25, -0.2) is 0 Å². The molecular formula is C19H21ClN4O5. The van der Waals surface area contributed by atoms with Gasteiger partial charge in [0.2, 0.25) is 11.8 Å². The van der Waals surface area contributed by atoms with Crippen molar-refractivity contribution in [2.75, 3.05) is 19.7 Å². The van der Waals surface area contributed by atoms with Crippen molar-refractivity contribution in [3.05, 3.63) is 35.0 Å². The maximum absolute atomic E-state index is 12.3. The first-order chi connectivity index (χ1) is 13.9. The summed E-state index contributed by atoms with van der Waals surface area (Å²) in [4.78, 5) is 51.0. The van der Waals surface area contributed by atoms with Crippen molar-refractivity contribution < 1.29 is 24.3 Å². The average molecular weight is 421 g/mol. The number of para-hydroxylation sites is 1. The van der Waals surface area contributed by atoms with Gasteiger partial charge in [-0.2, -0.15) is 0 Å². The molecule has 10 heteroatoms. The molecule has 2 heterocycles. The lowest BCUT2D eigenvalue weighted by atomic mass is 9.96. The summed E-state index contributed by atoms with van der Waals surface area (Å²) in [5.74, 6) is -2.28. The van der Waals surface area contributed by atoms with E-state index in [1.54, 1.807) is 24.3 Å². The van der Waals surface area contributed by atoms with Crippen LogP contribution < -0.4 is 16.0 Å². The molecule has 0 spiro atoms. The molecule has 29 heavy (non-hydrogen) atoms. The Morgan fingerprint density at radius 2 is 2.10 bits per heavy atom. The molecule has 1 aromatic heterocycles. The van der Waals surface area contributed by atoms with E-state index in [1.165, 1.54) is 0 Å². The van der Waals surface area contributed by atoms with Gasteiger partial charge in [-0.15, -0.1) is 0 Å². The maximum atomic E-state index is 12.3. The highest BCUT2D eigenvalue weighted by molar-refractivity contribution is 6.35. The number of hydrogen-bond donors (Lipinski definition) is 5. The van der Waals surface area contributed by atoms with Gasteiger partial charge >= 0.3 is 0 Å². The lowest BCUT2D eigenvalue weighted by Crippen LogP contribution is -2.47. The summed E-state index contributed by atoms with van der Waals surface area (Å²) in [5.41, 5.74) is 0.860. The lowest BCUT2D eigenvalue weighted by molar-refractivity contribution is -0.130. The van der Waals surface area contributed by atoms with Crippen LogP contribution in [-0.2, 0) is 14.4 Å². The Labute approximate surface area is 171 Å². The number of ketones is 1. The number of carbonyl (C=O) groups excluding carboxylic acids is 4. The minimum absolute atomic E-state index is 0.103. The molecule has 154 valence electrons. The molecule has 1 unspecified atom stereocenters.